The molecule has 0 saturated carbocycles. The van der Waals surface area contributed by atoms with Gasteiger partial charge in [0.1, 0.15) is 11.6 Å². The largest absolute Gasteiger partial charge is 0.396 e. The number of aliphatic hydroxyl groups is 1. The van der Waals surface area contributed by atoms with E-state index in [-0.39, 0.29) is 36.8 Å². The molecule has 1 aromatic rings. The van der Waals surface area contributed by atoms with E-state index in [0.717, 1.165) is 5.69 Å². The van der Waals surface area contributed by atoms with Gasteiger partial charge in [0.2, 0.25) is 17.7 Å². The van der Waals surface area contributed by atoms with Gasteiger partial charge in [-0.25, -0.2) is 0 Å². The van der Waals surface area contributed by atoms with Gasteiger partial charge in [0.15, 0.2) is 0 Å². The summed E-state index contributed by atoms with van der Waals surface area (Å²) in [7, 11) is 0. The lowest BCUT2D eigenvalue weighted by molar-refractivity contribution is -0.155. The Hall–Kier alpha value is -2.97. The van der Waals surface area contributed by atoms with Crippen LogP contribution >= 0.6 is 0 Å². The maximum atomic E-state index is 14.5. The molecule has 0 aliphatic carbocycles. The van der Waals surface area contributed by atoms with Gasteiger partial charge in [-0.3, -0.25) is 14.4 Å². The Morgan fingerprint density at radius 2 is 1.77 bits per heavy atom. The van der Waals surface area contributed by atoms with Crippen molar-refractivity contribution >= 4 is 23.4 Å². The number of unbranched alkanes of at least 4 members (excludes halogenated alkanes) is 1. The fraction of sp³-hybridized carbons (Fsp3) is 0.594. The van der Waals surface area contributed by atoms with E-state index in [1.807, 2.05) is 58.0 Å². The summed E-state index contributed by atoms with van der Waals surface area (Å²) in [5.41, 5.74) is -1.83. The Labute approximate surface area is 238 Å². The summed E-state index contributed by atoms with van der Waals surface area (Å²) < 4.78 is 6.90. The van der Waals surface area contributed by atoms with Crippen LogP contribution in [0.25, 0.3) is 0 Å². The summed E-state index contributed by atoms with van der Waals surface area (Å²) in [4.78, 5) is 48.4. The van der Waals surface area contributed by atoms with Gasteiger partial charge in [-0.2, -0.15) is 0 Å². The number of aliphatic hydroxyl groups excluding tert-OH is 1. The fourth-order valence-corrected chi connectivity index (χ4v) is 7.23. The summed E-state index contributed by atoms with van der Waals surface area (Å²) in [6.45, 7) is 18.5. The van der Waals surface area contributed by atoms with E-state index in [9.17, 15) is 19.5 Å². The van der Waals surface area contributed by atoms with Crippen molar-refractivity contribution in [1.82, 2.24) is 9.80 Å². The molecule has 0 radical (unpaired) electrons. The quantitative estimate of drug-likeness (QED) is 0.334. The normalized spacial score (nSPS) is 30.8. The zero-order valence-electron chi connectivity index (χ0n) is 24.6. The Morgan fingerprint density at radius 1 is 1.12 bits per heavy atom. The van der Waals surface area contributed by atoms with E-state index in [0.29, 0.717) is 32.4 Å². The number of hydrogen-bond donors (Lipinski definition) is 1. The number of nitrogens with zero attached hydrogens (tertiary/aromatic N) is 3. The second kappa shape index (κ2) is 11.1. The molecule has 8 heteroatoms. The Balaban J connectivity index is 1.83. The van der Waals surface area contributed by atoms with Crippen molar-refractivity contribution in [2.75, 3.05) is 31.1 Å². The molecule has 3 unspecified atom stereocenters. The molecule has 2 bridgehead atoms. The van der Waals surface area contributed by atoms with E-state index in [1.54, 1.807) is 26.9 Å². The van der Waals surface area contributed by atoms with Crippen LogP contribution in [0.4, 0.5) is 5.69 Å². The Bertz CT molecular complexity index is 1150. The van der Waals surface area contributed by atoms with Crippen molar-refractivity contribution in [2.45, 2.75) is 76.7 Å². The molecule has 218 valence electrons. The average Bonchev–Trinajstić information content (AvgIpc) is 3.41. The Kier molecular flexibility index (Phi) is 8.35. The predicted octanol–water partition coefficient (Wildman–Crippen LogP) is 3.80. The fourth-order valence-electron chi connectivity index (χ4n) is 7.23. The highest BCUT2D eigenvalue weighted by molar-refractivity contribution is 6.03. The summed E-state index contributed by atoms with van der Waals surface area (Å²) in [6, 6.07) is 8.52. The van der Waals surface area contributed by atoms with Crippen LogP contribution in [0.1, 0.15) is 53.9 Å². The Morgan fingerprint density at radius 3 is 2.35 bits per heavy atom. The van der Waals surface area contributed by atoms with E-state index in [4.69, 9.17) is 4.74 Å². The van der Waals surface area contributed by atoms with Crippen LogP contribution in [0.3, 0.4) is 0 Å². The highest BCUT2D eigenvalue weighted by atomic mass is 16.5. The third-order valence-corrected chi connectivity index (χ3v) is 9.15. The number of para-hydroxylation sites is 1. The van der Waals surface area contributed by atoms with Gasteiger partial charge < -0.3 is 24.5 Å². The molecule has 3 aliphatic heterocycles. The molecule has 6 atom stereocenters. The number of benzene rings is 1. The number of rotatable bonds is 11. The van der Waals surface area contributed by atoms with Crippen LogP contribution in [0.5, 0.6) is 0 Å². The van der Waals surface area contributed by atoms with E-state index in [2.05, 4.69) is 20.1 Å². The molecule has 3 amide bonds. The minimum Gasteiger partial charge on any atom is -0.396 e. The standard InChI is InChI=1S/C32H45N3O5/c1-8-17-33(23-15-11-10-12-16-23)27(37)24-25-28(38)34(19-13-14-20-36)26(29(39)35(18-9-2)30(4,5)6)32(25)21-22(3)31(24,7)40-32/h8-12,15-16,22,24-26,36H,1-2,13-14,17-21H2,3-7H3/t22?,24-,25+,26?,31+,32?/m1/s1. The third kappa shape index (κ3) is 4.69. The number of likely N-dealkylation sites (tertiary alicyclic amines) is 1. The first-order chi connectivity index (χ1) is 18.9. The second-order valence-corrected chi connectivity index (χ2v) is 12.6. The van der Waals surface area contributed by atoms with Crippen molar-refractivity contribution in [1.29, 1.82) is 0 Å². The van der Waals surface area contributed by atoms with Crippen molar-refractivity contribution in [2.24, 2.45) is 17.8 Å². The molecule has 40 heavy (non-hydrogen) atoms. The van der Waals surface area contributed by atoms with E-state index in [1.165, 1.54) is 0 Å². The van der Waals surface area contributed by atoms with Crippen LogP contribution in [-0.2, 0) is 19.1 Å². The monoisotopic (exact) mass is 551 g/mol. The van der Waals surface area contributed by atoms with Crippen LogP contribution in [0, 0.1) is 17.8 Å². The smallest absolute Gasteiger partial charge is 0.249 e. The molecule has 8 nitrogen and oxygen atoms in total. The molecule has 0 aromatic heterocycles. The third-order valence-electron chi connectivity index (χ3n) is 9.15. The molecule has 3 fully saturated rings. The van der Waals surface area contributed by atoms with Gasteiger partial charge in [-0.15, -0.1) is 13.2 Å². The first-order valence-electron chi connectivity index (χ1n) is 14.4. The SMILES string of the molecule is C=CCN(C(=O)[C@H]1[C@H]2C(=O)N(CCCCO)C(C(=O)N(CC=C)C(C)(C)C)C23CC(C)[C@]1(C)O3)c1ccccc1. The predicted molar refractivity (Wildman–Crippen MR) is 155 cm³/mol. The number of anilines is 1. The summed E-state index contributed by atoms with van der Waals surface area (Å²) >= 11 is 0. The summed E-state index contributed by atoms with van der Waals surface area (Å²) in [6.07, 6.45) is 4.94. The van der Waals surface area contributed by atoms with Crippen LogP contribution < -0.4 is 4.90 Å². The lowest BCUT2D eigenvalue weighted by Gasteiger charge is -2.42. The number of ether oxygens (including phenoxy) is 1. The molecule has 3 aliphatic rings. The summed E-state index contributed by atoms with van der Waals surface area (Å²) in [5, 5.41) is 9.44. The minimum atomic E-state index is -1.12. The lowest BCUT2D eigenvalue weighted by Crippen LogP contribution is -2.60. The van der Waals surface area contributed by atoms with Crippen LogP contribution in [0.15, 0.2) is 55.6 Å². The zero-order chi connectivity index (χ0) is 29.5. The average molecular weight is 552 g/mol. The second-order valence-electron chi connectivity index (χ2n) is 12.6. The summed E-state index contributed by atoms with van der Waals surface area (Å²) in [5.74, 6) is -2.20. The molecule has 1 spiro atoms. The van der Waals surface area contributed by atoms with Crippen LogP contribution in [0.2, 0.25) is 0 Å². The maximum Gasteiger partial charge on any atom is 0.249 e. The van der Waals surface area contributed by atoms with Crippen molar-refractivity contribution in [3.63, 3.8) is 0 Å². The van der Waals surface area contributed by atoms with Gasteiger partial charge in [0, 0.05) is 37.5 Å². The highest BCUT2D eigenvalue weighted by Crippen LogP contribution is 2.65. The number of carbonyl (C=O) groups excluding carboxylic acids is 3. The topological polar surface area (TPSA) is 90.4 Å². The first-order valence-corrected chi connectivity index (χ1v) is 14.4. The van der Waals surface area contributed by atoms with Crippen LogP contribution in [-0.4, -0.2) is 81.7 Å². The van der Waals surface area contributed by atoms with Gasteiger partial charge in [-0.05, 0) is 65.0 Å². The van der Waals surface area contributed by atoms with Gasteiger partial charge in [0.25, 0.3) is 0 Å². The number of hydrogen-bond acceptors (Lipinski definition) is 5. The minimum absolute atomic E-state index is 0.0000995. The first kappa shape index (κ1) is 30.0. The van der Waals surface area contributed by atoms with Gasteiger partial charge in [-0.1, -0.05) is 37.3 Å². The molecule has 4 rings (SSSR count). The molecule has 1 N–H and O–H groups in total. The van der Waals surface area contributed by atoms with Gasteiger partial charge >= 0.3 is 0 Å². The van der Waals surface area contributed by atoms with Gasteiger partial charge in [0.05, 0.1) is 17.4 Å². The number of carbonyl (C=O) groups is 3. The number of amides is 3. The highest BCUT2D eigenvalue weighted by Gasteiger charge is 2.80. The lowest BCUT2D eigenvalue weighted by atomic mass is 9.62. The number of fused-ring (bicyclic) bond motifs is 1. The molecular formula is C32H45N3O5. The molecule has 1 aromatic carbocycles. The molecule has 3 saturated heterocycles. The van der Waals surface area contributed by atoms with Crippen molar-refractivity contribution < 1.29 is 24.2 Å². The van der Waals surface area contributed by atoms with Crippen molar-refractivity contribution in [3.8, 4) is 0 Å². The van der Waals surface area contributed by atoms with E-state index >= 15 is 0 Å². The zero-order valence-corrected chi connectivity index (χ0v) is 24.6. The molecular weight excluding hydrogens is 506 g/mol. The van der Waals surface area contributed by atoms with E-state index < -0.39 is 34.6 Å². The molecule has 3 heterocycles. The maximum absolute atomic E-state index is 14.5. The van der Waals surface area contributed by atoms with Crippen molar-refractivity contribution in [3.05, 3.63) is 55.6 Å².